The molecule has 2 unspecified atom stereocenters. The van der Waals surface area contributed by atoms with Gasteiger partial charge in [0.2, 0.25) is 0 Å². The Morgan fingerprint density at radius 2 is 1.58 bits per heavy atom. The molecule has 0 bridgehead atoms. The quantitative estimate of drug-likeness (QED) is 0.722. The maximum Gasteiger partial charge on any atom is 0.315 e. The summed E-state index contributed by atoms with van der Waals surface area (Å²) in [5.74, 6) is 0. The zero-order chi connectivity index (χ0) is 16.9. The van der Waals surface area contributed by atoms with Crippen molar-refractivity contribution in [2.75, 3.05) is 33.2 Å². The van der Waals surface area contributed by atoms with E-state index in [1.807, 2.05) is 0 Å². The second kappa shape index (κ2) is 8.50. The summed E-state index contributed by atoms with van der Waals surface area (Å²) in [5, 5.41) is 16.1. The largest absolute Gasteiger partial charge is 0.391 e. The van der Waals surface area contributed by atoms with Gasteiger partial charge < -0.3 is 25.5 Å². The Balaban J connectivity index is 1.36. The van der Waals surface area contributed by atoms with Crippen LogP contribution in [0.15, 0.2) is 0 Å². The molecular weight excluding hydrogens is 304 g/mol. The fourth-order valence-corrected chi connectivity index (χ4v) is 4.44. The molecule has 0 radical (unpaired) electrons. The maximum atomic E-state index is 12.2. The van der Waals surface area contributed by atoms with Crippen molar-refractivity contribution in [3.05, 3.63) is 0 Å². The highest BCUT2D eigenvalue weighted by Crippen LogP contribution is 2.21. The number of urea groups is 1. The fourth-order valence-electron chi connectivity index (χ4n) is 4.44. The molecule has 2 heterocycles. The summed E-state index contributed by atoms with van der Waals surface area (Å²) in [6.07, 6.45) is 8.09. The lowest BCUT2D eigenvalue weighted by molar-refractivity contribution is 0.0878. The lowest BCUT2D eigenvalue weighted by Gasteiger charge is -2.41. The van der Waals surface area contributed by atoms with E-state index in [1.165, 1.54) is 25.9 Å². The molecule has 1 saturated carbocycles. The first-order valence-electron chi connectivity index (χ1n) is 9.79. The highest BCUT2D eigenvalue weighted by atomic mass is 16.3. The van der Waals surface area contributed by atoms with Crippen LogP contribution in [-0.2, 0) is 0 Å². The molecule has 0 aromatic rings. The standard InChI is InChI=1S/C18H34N4O2/c1-21-10-8-15(9-11-21)22-12-6-14(7-13-22)19-18(24)20-16-4-2-3-5-17(16)23/h14-17,23H,2-13H2,1H3,(H2,19,20,24). The van der Waals surface area contributed by atoms with Crippen LogP contribution >= 0.6 is 0 Å². The molecule has 3 fully saturated rings. The van der Waals surface area contributed by atoms with E-state index in [1.54, 1.807) is 0 Å². The van der Waals surface area contributed by atoms with Crippen LogP contribution in [0.3, 0.4) is 0 Å². The summed E-state index contributed by atoms with van der Waals surface area (Å²) in [6.45, 7) is 4.58. The average Bonchev–Trinajstić information content (AvgIpc) is 2.58. The van der Waals surface area contributed by atoms with Gasteiger partial charge in [0.25, 0.3) is 0 Å². The van der Waals surface area contributed by atoms with Crippen LogP contribution in [0.2, 0.25) is 0 Å². The predicted molar refractivity (Wildman–Crippen MR) is 95.0 cm³/mol. The monoisotopic (exact) mass is 338 g/mol. The van der Waals surface area contributed by atoms with Gasteiger partial charge in [0.05, 0.1) is 12.1 Å². The first-order valence-corrected chi connectivity index (χ1v) is 9.79. The Labute approximate surface area is 146 Å². The van der Waals surface area contributed by atoms with Crippen LogP contribution in [0.25, 0.3) is 0 Å². The average molecular weight is 338 g/mol. The van der Waals surface area contributed by atoms with Crippen molar-refractivity contribution in [1.82, 2.24) is 20.4 Å². The minimum absolute atomic E-state index is 0.0712. The molecule has 2 amide bonds. The Bertz CT molecular complexity index is 404. The van der Waals surface area contributed by atoms with Crippen molar-refractivity contribution >= 4 is 6.03 Å². The maximum absolute atomic E-state index is 12.2. The summed E-state index contributed by atoms with van der Waals surface area (Å²) < 4.78 is 0. The Morgan fingerprint density at radius 1 is 0.917 bits per heavy atom. The summed E-state index contributed by atoms with van der Waals surface area (Å²) in [4.78, 5) is 17.2. The van der Waals surface area contributed by atoms with Gasteiger partial charge in [-0.3, -0.25) is 0 Å². The third kappa shape index (κ3) is 4.83. The number of aliphatic hydroxyl groups excluding tert-OH is 1. The molecule has 3 aliphatic rings. The number of nitrogens with zero attached hydrogens (tertiary/aromatic N) is 2. The van der Waals surface area contributed by atoms with E-state index in [0.717, 1.165) is 57.7 Å². The number of carbonyl (C=O) groups excluding carboxylic acids is 1. The summed E-state index contributed by atoms with van der Waals surface area (Å²) in [7, 11) is 2.20. The van der Waals surface area contributed by atoms with Crippen molar-refractivity contribution in [1.29, 1.82) is 0 Å². The van der Waals surface area contributed by atoms with Crippen LogP contribution in [0.5, 0.6) is 0 Å². The van der Waals surface area contributed by atoms with Crippen LogP contribution in [0.1, 0.15) is 51.4 Å². The molecular formula is C18H34N4O2. The SMILES string of the molecule is CN1CCC(N2CCC(NC(=O)NC3CCCCC3O)CC2)CC1. The van der Waals surface area contributed by atoms with E-state index in [-0.39, 0.29) is 24.2 Å². The number of hydrogen-bond acceptors (Lipinski definition) is 4. The molecule has 0 aromatic heterocycles. The molecule has 0 spiro atoms. The highest BCUT2D eigenvalue weighted by Gasteiger charge is 2.29. The van der Waals surface area contributed by atoms with Gasteiger partial charge in [0.15, 0.2) is 0 Å². The first-order chi connectivity index (χ1) is 11.6. The summed E-state index contributed by atoms with van der Waals surface area (Å²) in [5.41, 5.74) is 0. The van der Waals surface area contributed by atoms with Crippen molar-refractivity contribution < 1.29 is 9.90 Å². The van der Waals surface area contributed by atoms with Crippen molar-refractivity contribution in [2.24, 2.45) is 0 Å². The second-order valence-electron chi connectivity index (χ2n) is 7.92. The van der Waals surface area contributed by atoms with Gasteiger partial charge in [-0.25, -0.2) is 4.79 Å². The number of hydrogen-bond donors (Lipinski definition) is 3. The third-order valence-electron chi connectivity index (χ3n) is 6.12. The van der Waals surface area contributed by atoms with Gasteiger partial charge in [-0.1, -0.05) is 12.8 Å². The van der Waals surface area contributed by atoms with Gasteiger partial charge in [0, 0.05) is 25.2 Å². The second-order valence-corrected chi connectivity index (χ2v) is 7.92. The molecule has 24 heavy (non-hydrogen) atoms. The van der Waals surface area contributed by atoms with E-state index in [9.17, 15) is 9.90 Å². The Morgan fingerprint density at radius 3 is 2.25 bits per heavy atom. The summed E-state index contributed by atoms with van der Waals surface area (Å²) >= 11 is 0. The van der Waals surface area contributed by atoms with Crippen LogP contribution in [0.4, 0.5) is 4.79 Å². The van der Waals surface area contributed by atoms with Crippen LogP contribution < -0.4 is 10.6 Å². The molecule has 2 atom stereocenters. The molecule has 0 aromatic carbocycles. The first kappa shape index (κ1) is 18.0. The zero-order valence-corrected chi connectivity index (χ0v) is 15.0. The molecule has 6 nitrogen and oxygen atoms in total. The number of piperidine rings is 2. The van der Waals surface area contributed by atoms with Crippen molar-refractivity contribution in [3.63, 3.8) is 0 Å². The van der Waals surface area contributed by atoms with Gasteiger partial charge in [-0.15, -0.1) is 0 Å². The van der Waals surface area contributed by atoms with Crippen LogP contribution in [0, 0.1) is 0 Å². The Hall–Kier alpha value is -0.850. The number of carbonyl (C=O) groups is 1. The van der Waals surface area contributed by atoms with Gasteiger partial charge in [-0.2, -0.15) is 0 Å². The number of likely N-dealkylation sites (tertiary alicyclic amines) is 2. The van der Waals surface area contributed by atoms with Gasteiger partial charge in [-0.05, 0) is 58.7 Å². The number of nitrogens with one attached hydrogen (secondary N) is 2. The fraction of sp³-hybridized carbons (Fsp3) is 0.944. The molecule has 3 N–H and O–H groups in total. The number of rotatable bonds is 3. The molecule has 2 aliphatic heterocycles. The lowest BCUT2D eigenvalue weighted by Crippen LogP contribution is -2.54. The smallest absolute Gasteiger partial charge is 0.315 e. The van der Waals surface area contributed by atoms with E-state index in [2.05, 4.69) is 27.5 Å². The van der Waals surface area contributed by atoms with Crippen molar-refractivity contribution in [2.45, 2.75) is 75.6 Å². The molecule has 138 valence electrons. The number of aliphatic hydroxyl groups is 1. The highest BCUT2D eigenvalue weighted by molar-refractivity contribution is 5.74. The van der Waals surface area contributed by atoms with Gasteiger partial charge >= 0.3 is 6.03 Å². The van der Waals surface area contributed by atoms with E-state index in [0.29, 0.717) is 0 Å². The van der Waals surface area contributed by atoms with Crippen LogP contribution in [-0.4, -0.2) is 78.4 Å². The molecule has 2 saturated heterocycles. The van der Waals surface area contributed by atoms with Crippen molar-refractivity contribution in [3.8, 4) is 0 Å². The van der Waals surface area contributed by atoms with E-state index in [4.69, 9.17) is 0 Å². The van der Waals surface area contributed by atoms with E-state index >= 15 is 0 Å². The molecule has 6 heteroatoms. The molecule has 3 rings (SSSR count). The Kier molecular flexibility index (Phi) is 6.36. The van der Waals surface area contributed by atoms with Gasteiger partial charge in [0.1, 0.15) is 0 Å². The predicted octanol–water partition coefficient (Wildman–Crippen LogP) is 1.15. The number of amides is 2. The van der Waals surface area contributed by atoms with E-state index < -0.39 is 0 Å². The molecule has 1 aliphatic carbocycles. The minimum atomic E-state index is -0.379. The topological polar surface area (TPSA) is 67.8 Å². The third-order valence-corrected chi connectivity index (χ3v) is 6.12. The minimum Gasteiger partial charge on any atom is -0.391 e. The summed E-state index contributed by atoms with van der Waals surface area (Å²) in [6, 6.07) is 0.832. The normalized spacial score (nSPS) is 31.8. The lowest BCUT2D eigenvalue weighted by atomic mass is 9.93. The zero-order valence-electron chi connectivity index (χ0n) is 15.0.